The molecule has 0 heterocycles. The van der Waals surface area contributed by atoms with Gasteiger partial charge in [-0.25, -0.2) is 4.79 Å². The van der Waals surface area contributed by atoms with E-state index < -0.39 is 38.9 Å². The summed E-state index contributed by atoms with van der Waals surface area (Å²) < 4.78 is 49.6. The van der Waals surface area contributed by atoms with Gasteiger partial charge in [-0.15, -0.1) is 0 Å². The van der Waals surface area contributed by atoms with Gasteiger partial charge < -0.3 is 5.11 Å². The average molecular weight is 382 g/mol. The Morgan fingerprint density at radius 3 is 2.32 bits per heavy atom. The zero-order valence-electron chi connectivity index (χ0n) is 9.16. The second kappa shape index (κ2) is 4.87. The predicted octanol–water partition coefficient (Wildman–Crippen LogP) is 4.04. The van der Waals surface area contributed by atoms with Crippen LogP contribution in [-0.2, 0) is 9.25 Å². The Bertz CT molecular complexity index is 680. The minimum Gasteiger partial charge on any atom is -0.478 e. The predicted molar refractivity (Wildman–Crippen MR) is 69.3 cm³/mol. The van der Waals surface area contributed by atoms with Crippen LogP contribution in [0.3, 0.4) is 0 Å². The third-order valence-electron chi connectivity index (χ3n) is 2.61. The van der Waals surface area contributed by atoms with E-state index in [2.05, 4.69) is 0 Å². The first-order valence-corrected chi connectivity index (χ1v) is 6.95. The number of aromatic carboxylic acids is 1. The van der Waals surface area contributed by atoms with Crippen LogP contribution in [0.4, 0.5) is 13.2 Å². The van der Waals surface area contributed by atoms with E-state index in [-0.39, 0.29) is 19.9 Å². The summed E-state index contributed by atoms with van der Waals surface area (Å²) in [6.45, 7) is 0. The maximum atomic E-state index is 12.8. The highest BCUT2D eigenvalue weighted by Gasteiger charge is 2.33. The van der Waals surface area contributed by atoms with Gasteiger partial charge in [0, 0.05) is 0 Å². The van der Waals surface area contributed by atoms with Crippen LogP contribution in [0.15, 0.2) is 30.3 Å². The molecule has 0 unspecified atom stereocenters. The van der Waals surface area contributed by atoms with E-state index in [4.69, 9.17) is 5.11 Å². The molecule has 2 aromatic rings. The zero-order valence-corrected chi connectivity index (χ0v) is 11.3. The van der Waals surface area contributed by atoms with Crippen LogP contribution in [-0.4, -0.2) is 11.1 Å². The van der Waals surface area contributed by atoms with Gasteiger partial charge in [0.1, 0.15) is 0 Å². The number of carboxylic acids is 1. The molecule has 0 atom stereocenters. The molecule has 0 saturated carbocycles. The topological polar surface area (TPSA) is 54.4 Å². The molecule has 0 radical (unpaired) electrons. The summed E-state index contributed by atoms with van der Waals surface area (Å²) in [6.07, 6.45) is -4.57. The monoisotopic (exact) mass is 382 g/mol. The lowest BCUT2D eigenvalue weighted by Gasteiger charge is -2.12. The Balaban J connectivity index is 2.92. The van der Waals surface area contributed by atoms with Gasteiger partial charge in [0.05, 0.1) is 14.7 Å². The van der Waals surface area contributed by atoms with Crippen LogP contribution in [0, 0.1) is 3.57 Å². The van der Waals surface area contributed by atoms with E-state index in [1.165, 1.54) is 12.1 Å². The largest absolute Gasteiger partial charge is 0.478 e. The van der Waals surface area contributed by atoms with Crippen molar-refractivity contribution in [1.82, 2.24) is 0 Å². The molecule has 0 aliphatic heterocycles. The molecule has 0 bridgehead atoms. The van der Waals surface area contributed by atoms with Gasteiger partial charge in [-0.1, -0.05) is 18.2 Å². The van der Waals surface area contributed by atoms with Crippen molar-refractivity contribution in [1.29, 1.82) is 0 Å². The summed E-state index contributed by atoms with van der Waals surface area (Å²) >= 11 is -1.77. The summed E-state index contributed by atoms with van der Waals surface area (Å²) in [7, 11) is 0. The van der Waals surface area contributed by atoms with Crippen LogP contribution in [0.5, 0.6) is 0 Å². The van der Waals surface area contributed by atoms with Crippen LogP contribution in [0.1, 0.15) is 15.9 Å². The molecule has 0 spiro atoms. The Hall–Kier alpha value is -1.51. The molecule has 3 nitrogen and oxygen atoms in total. The average Bonchev–Trinajstić information content (AvgIpc) is 2.34. The van der Waals surface area contributed by atoms with E-state index in [1.807, 2.05) is 0 Å². The van der Waals surface area contributed by atoms with Crippen molar-refractivity contribution in [2.75, 3.05) is 0 Å². The molecule has 0 amide bonds. The number of carbonyl (C=O) groups is 1. The van der Waals surface area contributed by atoms with E-state index in [1.54, 1.807) is 0 Å². The van der Waals surface area contributed by atoms with Crippen LogP contribution in [0.25, 0.3) is 10.8 Å². The lowest BCUT2D eigenvalue weighted by atomic mass is 10.00. The molecule has 100 valence electrons. The smallest absolute Gasteiger partial charge is 0.417 e. The van der Waals surface area contributed by atoms with Gasteiger partial charge in [0.25, 0.3) is 0 Å². The molecule has 1 N–H and O–H groups in total. The minimum atomic E-state index is -4.57. The minimum absolute atomic E-state index is 0.0459. The Morgan fingerprint density at radius 1 is 1.11 bits per heavy atom. The van der Waals surface area contributed by atoms with Gasteiger partial charge in [-0.2, -0.15) is 13.2 Å². The standard InChI is InChI=1S/C12H6F3IO3/c13-12(14,15)8-3-1-2-7-6(8)4-5-9(16-19)10(7)11(17)18/h1-5H,(H,17,18). The molecule has 2 rings (SSSR count). The number of halogens is 4. The Kier molecular flexibility index (Phi) is 3.57. The molecule has 19 heavy (non-hydrogen) atoms. The molecule has 0 aliphatic carbocycles. The molecule has 0 aliphatic rings. The highest BCUT2D eigenvalue weighted by atomic mass is 127. The molecule has 0 saturated heterocycles. The third-order valence-corrected chi connectivity index (χ3v) is 3.99. The number of benzene rings is 2. The van der Waals surface area contributed by atoms with Crippen molar-refractivity contribution in [3.05, 3.63) is 45.0 Å². The summed E-state index contributed by atoms with van der Waals surface area (Å²) in [5, 5.41) is 8.84. The zero-order chi connectivity index (χ0) is 14.2. The molecular weight excluding hydrogens is 376 g/mol. The number of carboxylic acid groups (broad SMARTS) is 1. The molecular formula is C12H6F3IO3. The summed E-state index contributed by atoms with van der Waals surface area (Å²) in [5.41, 5.74) is -1.21. The van der Waals surface area contributed by atoms with Gasteiger partial charge in [-0.3, -0.25) is 3.07 Å². The second-order valence-corrected chi connectivity index (χ2v) is 5.31. The number of hydrogen-bond donors (Lipinski definition) is 1. The molecule has 0 aromatic heterocycles. The van der Waals surface area contributed by atoms with E-state index in [0.29, 0.717) is 0 Å². The maximum absolute atomic E-state index is 12.8. The van der Waals surface area contributed by atoms with Crippen molar-refractivity contribution in [2.24, 2.45) is 0 Å². The van der Waals surface area contributed by atoms with E-state index >= 15 is 0 Å². The van der Waals surface area contributed by atoms with Crippen molar-refractivity contribution in [3.63, 3.8) is 0 Å². The van der Waals surface area contributed by atoms with E-state index in [9.17, 15) is 21.0 Å². The number of hydrogen-bond acceptors (Lipinski definition) is 2. The lowest BCUT2D eigenvalue weighted by Crippen LogP contribution is -2.08. The van der Waals surface area contributed by atoms with Gasteiger partial charge in [-0.05, 0) is 22.9 Å². The first-order chi connectivity index (χ1) is 8.86. The summed E-state index contributed by atoms with van der Waals surface area (Å²) in [6, 6.07) is 5.67. The third kappa shape index (κ3) is 2.46. The van der Waals surface area contributed by atoms with Crippen molar-refractivity contribution < 1.29 is 26.1 Å². The van der Waals surface area contributed by atoms with Gasteiger partial charge in [0.2, 0.25) is 0 Å². The number of fused-ring (bicyclic) bond motifs is 1. The van der Waals surface area contributed by atoms with Crippen LogP contribution in [0.2, 0.25) is 0 Å². The first-order valence-electron chi connectivity index (χ1n) is 4.99. The number of alkyl halides is 3. The molecule has 0 fully saturated rings. The fraction of sp³-hybridized carbons (Fsp3) is 0.0833. The van der Waals surface area contributed by atoms with Crippen molar-refractivity contribution in [3.8, 4) is 0 Å². The van der Waals surface area contributed by atoms with Crippen molar-refractivity contribution in [2.45, 2.75) is 6.18 Å². The quantitative estimate of drug-likeness (QED) is 0.798. The SMILES string of the molecule is O=Ic1ccc2c(C(F)(F)F)cccc2c1C(=O)O. The van der Waals surface area contributed by atoms with Crippen LogP contribution >= 0.6 is 21.2 Å². The Labute approximate surface area is 115 Å². The summed E-state index contributed by atoms with van der Waals surface area (Å²) in [5.74, 6) is -1.38. The van der Waals surface area contributed by atoms with E-state index in [0.717, 1.165) is 18.2 Å². The fourth-order valence-corrected chi connectivity index (χ4v) is 2.93. The fourth-order valence-electron chi connectivity index (χ4n) is 1.86. The Morgan fingerprint density at radius 2 is 1.79 bits per heavy atom. The summed E-state index contributed by atoms with van der Waals surface area (Å²) in [4.78, 5) is 11.2. The lowest BCUT2D eigenvalue weighted by molar-refractivity contribution is -0.136. The molecule has 7 heteroatoms. The first kappa shape index (κ1) is 13.9. The van der Waals surface area contributed by atoms with Gasteiger partial charge in [0.15, 0.2) is 21.2 Å². The van der Waals surface area contributed by atoms with Crippen LogP contribution < -0.4 is 0 Å². The highest BCUT2D eigenvalue weighted by molar-refractivity contribution is 14.1. The van der Waals surface area contributed by atoms with Crippen molar-refractivity contribution >= 4 is 37.9 Å². The second-order valence-electron chi connectivity index (χ2n) is 3.70. The number of rotatable bonds is 2. The highest BCUT2D eigenvalue weighted by Crippen LogP contribution is 2.36. The van der Waals surface area contributed by atoms with Gasteiger partial charge >= 0.3 is 12.1 Å². The maximum Gasteiger partial charge on any atom is 0.417 e. The molecule has 2 aromatic carbocycles. The normalized spacial score (nSPS) is 11.7.